The zero-order valence-corrected chi connectivity index (χ0v) is 12.2. The van der Waals surface area contributed by atoms with Gasteiger partial charge in [0.05, 0.1) is 15.9 Å². The van der Waals surface area contributed by atoms with Crippen LogP contribution in [0.5, 0.6) is 0 Å². The van der Waals surface area contributed by atoms with Crippen molar-refractivity contribution in [1.82, 2.24) is 4.72 Å². The number of sulfonamides is 1. The molecule has 1 rings (SSSR count). The van der Waals surface area contributed by atoms with Crippen LogP contribution in [0, 0.1) is 17.0 Å². The minimum absolute atomic E-state index is 0.192. The molecular formula is C12H16N2O5S. The quantitative estimate of drug-likeness (QED) is 0.633. The molecule has 0 saturated carbocycles. The first-order valence-corrected chi connectivity index (χ1v) is 7.47. The van der Waals surface area contributed by atoms with E-state index in [1.165, 1.54) is 26.0 Å². The normalized spacial score (nSPS) is 12.9. The van der Waals surface area contributed by atoms with Gasteiger partial charge in [-0.15, -0.1) is 0 Å². The molecule has 1 unspecified atom stereocenters. The molecule has 1 aromatic carbocycles. The van der Waals surface area contributed by atoms with Gasteiger partial charge in [-0.1, -0.05) is 13.0 Å². The second-order valence-corrected chi connectivity index (χ2v) is 6.05. The first-order valence-electron chi connectivity index (χ1n) is 5.99. The molecule has 0 radical (unpaired) electrons. The summed E-state index contributed by atoms with van der Waals surface area (Å²) in [6, 6.07) is 2.71. The molecule has 20 heavy (non-hydrogen) atoms. The minimum Gasteiger partial charge on any atom is -0.298 e. The zero-order valence-electron chi connectivity index (χ0n) is 11.4. The molecule has 0 saturated heterocycles. The summed E-state index contributed by atoms with van der Waals surface area (Å²) in [6.07, 6.45) is 0.206. The third-order valence-corrected chi connectivity index (χ3v) is 4.52. The Labute approximate surface area is 117 Å². The van der Waals surface area contributed by atoms with Crippen LogP contribution in [0.1, 0.15) is 25.8 Å². The number of nitrogens with zero attached hydrogens (tertiary/aromatic N) is 1. The lowest BCUT2D eigenvalue weighted by molar-refractivity contribution is -0.385. The summed E-state index contributed by atoms with van der Waals surface area (Å²) in [6.45, 7) is 4.60. The fourth-order valence-electron chi connectivity index (χ4n) is 1.66. The van der Waals surface area contributed by atoms with Gasteiger partial charge in [0.1, 0.15) is 5.78 Å². The van der Waals surface area contributed by atoms with Crippen LogP contribution in [0.3, 0.4) is 0 Å². The van der Waals surface area contributed by atoms with Gasteiger partial charge in [-0.05, 0) is 19.4 Å². The maximum absolute atomic E-state index is 12.2. The van der Waals surface area contributed by atoms with E-state index in [1.807, 2.05) is 0 Å². The van der Waals surface area contributed by atoms with Crippen molar-refractivity contribution in [2.24, 2.45) is 0 Å². The second-order valence-electron chi connectivity index (χ2n) is 4.37. The lowest BCUT2D eigenvalue weighted by Crippen LogP contribution is -2.38. The Morgan fingerprint density at radius 3 is 2.55 bits per heavy atom. The fourth-order valence-corrected chi connectivity index (χ4v) is 3.15. The van der Waals surface area contributed by atoms with Gasteiger partial charge in [0, 0.05) is 18.6 Å². The Hall–Kier alpha value is -1.80. The fraction of sp³-hybridized carbons (Fsp3) is 0.417. The number of aryl methyl sites for hydroxylation is 1. The van der Waals surface area contributed by atoms with E-state index >= 15 is 0 Å². The van der Waals surface area contributed by atoms with E-state index in [1.54, 1.807) is 6.92 Å². The largest absolute Gasteiger partial charge is 0.298 e. The highest BCUT2D eigenvalue weighted by molar-refractivity contribution is 7.89. The molecule has 1 atom stereocenters. The van der Waals surface area contributed by atoms with Gasteiger partial charge >= 0.3 is 0 Å². The van der Waals surface area contributed by atoms with E-state index in [0.717, 1.165) is 6.07 Å². The van der Waals surface area contributed by atoms with Gasteiger partial charge in [-0.25, -0.2) is 13.1 Å². The smallest absolute Gasteiger partial charge is 0.270 e. The SMILES string of the molecule is CCC(=O)C(C)NS(=O)(=O)c1cc([N+](=O)[O-])ccc1C. The number of rotatable bonds is 6. The van der Waals surface area contributed by atoms with Crippen LogP contribution in [0.25, 0.3) is 0 Å². The Morgan fingerprint density at radius 1 is 1.45 bits per heavy atom. The number of nitrogens with one attached hydrogen (secondary N) is 1. The summed E-state index contributed by atoms with van der Waals surface area (Å²) in [5.41, 5.74) is 0.0599. The van der Waals surface area contributed by atoms with E-state index in [2.05, 4.69) is 4.72 Å². The van der Waals surface area contributed by atoms with Crippen molar-refractivity contribution in [3.63, 3.8) is 0 Å². The number of benzene rings is 1. The van der Waals surface area contributed by atoms with E-state index in [0.29, 0.717) is 5.56 Å². The lowest BCUT2D eigenvalue weighted by Gasteiger charge is -2.13. The van der Waals surface area contributed by atoms with Crippen molar-refractivity contribution < 1.29 is 18.1 Å². The van der Waals surface area contributed by atoms with Crippen molar-refractivity contribution in [1.29, 1.82) is 0 Å². The maximum atomic E-state index is 12.2. The zero-order chi connectivity index (χ0) is 15.5. The summed E-state index contributed by atoms with van der Waals surface area (Å²) >= 11 is 0. The molecule has 0 aromatic heterocycles. The summed E-state index contributed by atoms with van der Waals surface area (Å²) in [5, 5.41) is 10.7. The third-order valence-electron chi connectivity index (χ3n) is 2.84. The number of Topliss-reactive ketones (excluding diaryl/α,β-unsaturated/α-hetero) is 1. The Morgan fingerprint density at radius 2 is 2.05 bits per heavy atom. The van der Waals surface area contributed by atoms with Crippen molar-refractivity contribution in [3.8, 4) is 0 Å². The van der Waals surface area contributed by atoms with Gasteiger partial charge in [0.25, 0.3) is 5.69 Å². The Kier molecular flexibility index (Phi) is 4.96. The molecule has 0 heterocycles. The Balaban J connectivity index is 3.18. The van der Waals surface area contributed by atoms with Gasteiger partial charge in [-0.2, -0.15) is 0 Å². The lowest BCUT2D eigenvalue weighted by atomic mass is 10.2. The highest BCUT2D eigenvalue weighted by Crippen LogP contribution is 2.21. The summed E-state index contributed by atoms with van der Waals surface area (Å²) in [4.78, 5) is 21.3. The minimum atomic E-state index is -3.98. The van der Waals surface area contributed by atoms with Crippen LogP contribution >= 0.6 is 0 Å². The summed E-state index contributed by atoms with van der Waals surface area (Å²) in [7, 11) is -3.98. The number of carbonyl (C=O) groups excluding carboxylic acids is 1. The van der Waals surface area contributed by atoms with Crippen LogP contribution in [0.2, 0.25) is 0 Å². The average molecular weight is 300 g/mol. The molecule has 0 bridgehead atoms. The predicted molar refractivity (Wildman–Crippen MR) is 72.9 cm³/mol. The topological polar surface area (TPSA) is 106 Å². The molecule has 8 heteroatoms. The molecular weight excluding hydrogens is 284 g/mol. The van der Waals surface area contributed by atoms with Gasteiger partial charge in [0.2, 0.25) is 10.0 Å². The number of carbonyl (C=O) groups is 1. The number of hydrogen-bond acceptors (Lipinski definition) is 5. The van der Waals surface area contributed by atoms with Gasteiger partial charge < -0.3 is 0 Å². The van der Waals surface area contributed by atoms with Gasteiger partial charge in [0.15, 0.2) is 0 Å². The number of non-ortho nitro benzene ring substituents is 1. The van der Waals surface area contributed by atoms with Crippen LogP contribution in [0.4, 0.5) is 5.69 Å². The number of nitro benzene ring substituents is 1. The summed E-state index contributed by atoms with van der Waals surface area (Å²) < 4.78 is 26.6. The molecule has 110 valence electrons. The van der Waals surface area contributed by atoms with Crippen molar-refractivity contribution in [2.75, 3.05) is 0 Å². The van der Waals surface area contributed by atoms with Crippen molar-refractivity contribution in [2.45, 2.75) is 38.1 Å². The summed E-state index contributed by atoms with van der Waals surface area (Å²) in [5.74, 6) is -0.253. The van der Waals surface area contributed by atoms with E-state index in [4.69, 9.17) is 0 Å². The van der Waals surface area contributed by atoms with Gasteiger partial charge in [-0.3, -0.25) is 14.9 Å². The third kappa shape index (κ3) is 3.61. The van der Waals surface area contributed by atoms with Crippen LogP contribution in [-0.4, -0.2) is 25.2 Å². The first kappa shape index (κ1) is 16.3. The Bertz CT molecular complexity index is 639. The maximum Gasteiger partial charge on any atom is 0.270 e. The highest BCUT2D eigenvalue weighted by atomic mass is 32.2. The molecule has 0 aliphatic heterocycles. The van der Waals surface area contributed by atoms with E-state index in [-0.39, 0.29) is 22.8 Å². The molecule has 1 aromatic rings. The number of nitro groups is 1. The molecule has 0 aliphatic rings. The molecule has 0 aliphatic carbocycles. The van der Waals surface area contributed by atoms with Crippen LogP contribution in [-0.2, 0) is 14.8 Å². The number of ketones is 1. The predicted octanol–water partition coefficient (Wildman–Crippen LogP) is 1.55. The molecule has 7 nitrogen and oxygen atoms in total. The molecule has 1 N–H and O–H groups in total. The monoisotopic (exact) mass is 300 g/mol. The number of hydrogen-bond donors (Lipinski definition) is 1. The van der Waals surface area contributed by atoms with Crippen LogP contribution in [0.15, 0.2) is 23.1 Å². The first-order chi connectivity index (χ1) is 9.19. The molecule has 0 fully saturated rings. The van der Waals surface area contributed by atoms with Crippen molar-refractivity contribution >= 4 is 21.5 Å². The highest BCUT2D eigenvalue weighted by Gasteiger charge is 2.24. The molecule has 0 spiro atoms. The van der Waals surface area contributed by atoms with Crippen molar-refractivity contribution in [3.05, 3.63) is 33.9 Å². The van der Waals surface area contributed by atoms with Crippen LogP contribution < -0.4 is 4.72 Å². The second kappa shape index (κ2) is 6.10. The molecule has 0 amide bonds. The van der Waals surface area contributed by atoms with E-state index in [9.17, 15) is 23.3 Å². The standard InChI is InChI=1S/C12H16N2O5S/c1-4-11(15)9(3)13-20(18,19)12-7-10(14(16)17)6-5-8(12)2/h5-7,9,13H,4H2,1-3H3. The van der Waals surface area contributed by atoms with E-state index < -0.39 is 21.0 Å². The average Bonchev–Trinajstić information content (AvgIpc) is 2.37.